The Bertz CT molecular complexity index is 718. The number of nitrogens with zero attached hydrogens (tertiary/aromatic N) is 2. The average Bonchev–Trinajstić information content (AvgIpc) is 3.05. The van der Waals surface area contributed by atoms with E-state index in [1.165, 1.54) is 11.1 Å². The van der Waals surface area contributed by atoms with E-state index in [9.17, 15) is 8.42 Å². The molecule has 2 aromatic rings. The second kappa shape index (κ2) is 4.98. The molecular weight excluding hydrogens is 294 g/mol. The van der Waals surface area contributed by atoms with E-state index in [2.05, 4.69) is 9.97 Å². The van der Waals surface area contributed by atoms with E-state index >= 15 is 0 Å². The summed E-state index contributed by atoms with van der Waals surface area (Å²) in [5.41, 5.74) is 1.16. The van der Waals surface area contributed by atoms with Crippen LogP contribution in [-0.4, -0.2) is 29.2 Å². The van der Waals surface area contributed by atoms with Gasteiger partial charge < -0.3 is 4.98 Å². The third kappa shape index (κ3) is 2.10. The predicted octanol–water partition coefficient (Wildman–Crippen LogP) is 2.48. The maximum Gasteiger partial charge on any atom is 0.260 e. The molecule has 0 saturated carbocycles. The molecule has 3 rings (SSSR count). The number of hydrogen-bond acceptors (Lipinski definition) is 4. The predicted molar refractivity (Wildman–Crippen MR) is 78.3 cm³/mol. The molecular formula is C13H17N3O2S2. The normalized spacial score (nSPS) is 20.0. The fourth-order valence-electron chi connectivity index (χ4n) is 2.74. The summed E-state index contributed by atoms with van der Waals surface area (Å²) < 4.78 is 27.1. The van der Waals surface area contributed by atoms with Crippen LogP contribution in [0.2, 0.25) is 0 Å². The van der Waals surface area contributed by atoms with Crippen molar-refractivity contribution in [3.63, 3.8) is 0 Å². The van der Waals surface area contributed by atoms with Crippen molar-refractivity contribution in [1.82, 2.24) is 14.3 Å². The number of fused-ring (bicyclic) bond motifs is 1. The molecule has 1 aliphatic rings. The van der Waals surface area contributed by atoms with Crippen molar-refractivity contribution in [2.75, 3.05) is 6.54 Å². The Morgan fingerprint density at radius 2 is 2.35 bits per heavy atom. The smallest absolute Gasteiger partial charge is 0.260 e. The Balaban J connectivity index is 2.02. The number of aromatic nitrogens is 2. The van der Waals surface area contributed by atoms with Crippen LogP contribution in [-0.2, 0) is 16.4 Å². The van der Waals surface area contributed by atoms with Crippen LogP contribution in [0, 0.1) is 6.92 Å². The summed E-state index contributed by atoms with van der Waals surface area (Å²) in [6.45, 7) is 4.31. The number of H-pyrrole nitrogens is 1. The standard InChI is InChI=1S/C13H17N3O2S2/c1-3-11-10-5-7-19-12(10)4-6-16(11)20(17,18)13-8-14-9(2)15-13/h5,7-8,11H,3-4,6H2,1-2H3,(H,14,15). The molecule has 108 valence electrons. The van der Waals surface area contributed by atoms with Crippen LogP contribution in [0.5, 0.6) is 0 Å². The SMILES string of the molecule is CCC1c2ccsc2CCN1S(=O)(=O)c1cnc(C)[nH]1. The Labute approximate surface area is 122 Å². The third-order valence-corrected chi connectivity index (χ3v) is 6.51. The lowest BCUT2D eigenvalue weighted by molar-refractivity contribution is 0.302. The van der Waals surface area contributed by atoms with Gasteiger partial charge in [0, 0.05) is 11.4 Å². The van der Waals surface area contributed by atoms with Crippen molar-refractivity contribution in [2.24, 2.45) is 0 Å². The number of hydrogen-bond donors (Lipinski definition) is 1. The van der Waals surface area contributed by atoms with Gasteiger partial charge >= 0.3 is 0 Å². The lowest BCUT2D eigenvalue weighted by Crippen LogP contribution is -2.39. The quantitative estimate of drug-likeness (QED) is 0.947. The summed E-state index contributed by atoms with van der Waals surface area (Å²) in [7, 11) is -3.50. The molecule has 1 N–H and O–H groups in total. The van der Waals surface area contributed by atoms with Gasteiger partial charge in [-0.25, -0.2) is 13.4 Å². The molecule has 0 aromatic carbocycles. The fraction of sp³-hybridized carbons (Fsp3) is 0.462. The van der Waals surface area contributed by atoms with E-state index in [-0.39, 0.29) is 11.1 Å². The number of aromatic amines is 1. The van der Waals surface area contributed by atoms with Gasteiger partial charge in [-0.1, -0.05) is 6.92 Å². The zero-order chi connectivity index (χ0) is 14.3. The molecule has 0 aliphatic carbocycles. The number of sulfonamides is 1. The van der Waals surface area contributed by atoms with Gasteiger partial charge in [0.1, 0.15) is 5.82 Å². The zero-order valence-electron chi connectivity index (χ0n) is 11.5. The highest BCUT2D eigenvalue weighted by molar-refractivity contribution is 7.89. The fourth-order valence-corrected chi connectivity index (χ4v) is 5.31. The van der Waals surface area contributed by atoms with E-state index in [0.717, 1.165) is 18.4 Å². The second-order valence-corrected chi connectivity index (χ2v) is 7.78. The summed E-state index contributed by atoms with van der Waals surface area (Å²) in [5.74, 6) is 0.616. The average molecular weight is 311 g/mol. The molecule has 0 spiro atoms. The molecule has 0 saturated heterocycles. The molecule has 7 heteroatoms. The Kier molecular flexibility index (Phi) is 3.43. The number of thiophene rings is 1. The van der Waals surface area contributed by atoms with Crippen molar-refractivity contribution in [3.8, 4) is 0 Å². The summed E-state index contributed by atoms with van der Waals surface area (Å²) in [6.07, 6.45) is 2.96. The van der Waals surface area contributed by atoms with Crippen LogP contribution < -0.4 is 0 Å². The van der Waals surface area contributed by atoms with Crippen LogP contribution >= 0.6 is 11.3 Å². The highest BCUT2D eigenvalue weighted by atomic mass is 32.2. The first-order chi connectivity index (χ1) is 9.54. The second-order valence-electron chi connectivity index (χ2n) is 4.92. The highest BCUT2D eigenvalue weighted by Gasteiger charge is 2.36. The minimum Gasteiger partial charge on any atom is -0.332 e. The number of aryl methyl sites for hydroxylation is 1. The van der Waals surface area contributed by atoms with Gasteiger partial charge in [0.25, 0.3) is 10.0 Å². The monoisotopic (exact) mass is 311 g/mol. The van der Waals surface area contributed by atoms with E-state index < -0.39 is 10.0 Å². The van der Waals surface area contributed by atoms with Crippen molar-refractivity contribution in [1.29, 1.82) is 0 Å². The lowest BCUT2D eigenvalue weighted by Gasteiger charge is -2.33. The number of rotatable bonds is 3. The summed E-state index contributed by atoms with van der Waals surface area (Å²) in [4.78, 5) is 8.15. The molecule has 0 radical (unpaired) electrons. The molecule has 20 heavy (non-hydrogen) atoms. The van der Waals surface area contributed by atoms with Gasteiger partial charge in [-0.15, -0.1) is 11.3 Å². The molecule has 1 atom stereocenters. The Morgan fingerprint density at radius 1 is 1.55 bits per heavy atom. The van der Waals surface area contributed by atoms with Gasteiger partial charge in [-0.05, 0) is 36.8 Å². The molecule has 1 aliphatic heterocycles. The van der Waals surface area contributed by atoms with Crippen LogP contribution in [0.25, 0.3) is 0 Å². The Morgan fingerprint density at radius 3 is 3.00 bits per heavy atom. The topological polar surface area (TPSA) is 66.1 Å². The van der Waals surface area contributed by atoms with E-state index in [4.69, 9.17) is 0 Å². The minimum atomic E-state index is -3.50. The van der Waals surface area contributed by atoms with Crippen LogP contribution in [0.15, 0.2) is 22.7 Å². The van der Waals surface area contributed by atoms with Crippen LogP contribution in [0.1, 0.15) is 35.7 Å². The molecule has 5 nitrogen and oxygen atoms in total. The first-order valence-electron chi connectivity index (χ1n) is 6.63. The molecule has 1 unspecified atom stereocenters. The number of imidazole rings is 1. The Hall–Kier alpha value is -1.18. The molecule has 2 aromatic heterocycles. The summed E-state index contributed by atoms with van der Waals surface area (Å²) >= 11 is 1.72. The van der Waals surface area contributed by atoms with E-state index in [1.807, 2.05) is 18.4 Å². The number of nitrogens with one attached hydrogen (secondary N) is 1. The van der Waals surface area contributed by atoms with Gasteiger partial charge in [0.15, 0.2) is 5.03 Å². The maximum absolute atomic E-state index is 12.8. The molecule has 0 fully saturated rings. The first kappa shape index (κ1) is 13.8. The van der Waals surface area contributed by atoms with Gasteiger partial charge in [0.2, 0.25) is 0 Å². The summed E-state index contributed by atoms with van der Waals surface area (Å²) in [5, 5.41) is 2.23. The first-order valence-corrected chi connectivity index (χ1v) is 8.95. The molecule has 0 bridgehead atoms. The van der Waals surface area contributed by atoms with Crippen molar-refractivity contribution >= 4 is 21.4 Å². The lowest BCUT2D eigenvalue weighted by atomic mass is 10.0. The van der Waals surface area contributed by atoms with E-state index in [0.29, 0.717) is 12.4 Å². The zero-order valence-corrected chi connectivity index (χ0v) is 13.1. The van der Waals surface area contributed by atoms with Crippen molar-refractivity contribution < 1.29 is 8.42 Å². The van der Waals surface area contributed by atoms with Crippen molar-refractivity contribution in [3.05, 3.63) is 33.9 Å². The maximum atomic E-state index is 12.8. The van der Waals surface area contributed by atoms with Gasteiger partial charge in [0.05, 0.1) is 12.2 Å². The summed E-state index contributed by atoms with van der Waals surface area (Å²) in [6, 6.07) is 1.98. The van der Waals surface area contributed by atoms with Gasteiger partial charge in [-0.3, -0.25) is 0 Å². The third-order valence-electron chi connectivity index (χ3n) is 3.70. The molecule has 0 amide bonds. The van der Waals surface area contributed by atoms with Gasteiger partial charge in [-0.2, -0.15) is 4.31 Å². The minimum absolute atomic E-state index is 0.0707. The van der Waals surface area contributed by atoms with Crippen molar-refractivity contribution in [2.45, 2.75) is 37.8 Å². The largest absolute Gasteiger partial charge is 0.332 e. The van der Waals surface area contributed by atoms with E-state index in [1.54, 1.807) is 22.6 Å². The van der Waals surface area contributed by atoms with Crippen LogP contribution in [0.3, 0.4) is 0 Å². The molecule has 3 heterocycles. The van der Waals surface area contributed by atoms with Crippen LogP contribution in [0.4, 0.5) is 0 Å². The highest BCUT2D eigenvalue weighted by Crippen LogP contribution is 2.38.